The molecule has 11 heteroatoms. The predicted molar refractivity (Wildman–Crippen MR) is 125 cm³/mol. The lowest BCUT2D eigenvalue weighted by Gasteiger charge is -2.36. The van der Waals surface area contributed by atoms with Crippen LogP contribution in [0.2, 0.25) is 0 Å². The predicted octanol–water partition coefficient (Wildman–Crippen LogP) is 1.23. The Morgan fingerprint density at radius 3 is 2.79 bits per heavy atom. The van der Waals surface area contributed by atoms with Crippen molar-refractivity contribution < 1.29 is 13.9 Å². The Morgan fingerprint density at radius 2 is 2.06 bits per heavy atom. The average molecular weight is 457 g/mol. The first kappa shape index (κ1) is 22.7. The molecule has 1 atom stereocenters. The number of carbonyl (C=O) groups excluding carboxylic acids is 1. The number of carbonyl (C=O) groups is 1. The molecule has 2 N–H and O–H groups in total. The molecular formula is C22H29FN8O2. The average Bonchev–Trinajstić information content (AvgIpc) is 3.31. The molecule has 1 unspecified atom stereocenters. The van der Waals surface area contributed by atoms with Crippen LogP contribution in [0.4, 0.5) is 27.7 Å². The molecule has 10 nitrogen and oxygen atoms in total. The van der Waals surface area contributed by atoms with Crippen molar-refractivity contribution in [3.8, 4) is 0 Å². The fourth-order valence-electron chi connectivity index (χ4n) is 3.86. The van der Waals surface area contributed by atoms with Crippen LogP contribution in [0.5, 0.6) is 0 Å². The molecule has 2 aliphatic heterocycles. The molecule has 0 saturated carbocycles. The fraction of sp³-hybridized carbons (Fsp3) is 0.455. The molecule has 176 valence electrons. The van der Waals surface area contributed by atoms with Gasteiger partial charge in [0.15, 0.2) is 11.6 Å². The lowest BCUT2D eigenvalue weighted by Crippen LogP contribution is -2.47. The number of nitrogens with zero attached hydrogens (tertiary/aromatic N) is 6. The second-order valence-corrected chi connectivity index (χ2v) is 7.96. The number of pyridine rings is 1. The first-order valence-electron chi connectivity index (χ1n) is 11.0. The third-order valence-corrected chi connectivity index (χ3v) is 5.59. The van der Waals surface area contributed by atoms with Gasteiger partial charge in [0.05, 0.1) is 18.0 Å². The second-order valence-electron chi connectivity index (χ2n) is 7.96. The van der Waals surface area contributed by atoms with Gasteiger partial charge in [-0.25, -0.2) is 14.4 Å². The maximum absolute atomic E-state index is 15.0. The molecule has 1 amide bonds. The van der Waals surface area contributed by atoms with E-state index >= 15 is 0 Å². The third-order valence-electron chi connectivity index (χ3n) is 5.59. The molecule has 4 heterocycles. The summed E-state index contributed by atoms with van der Waals surface area (Å²) >= 11 is 0. The summed E-state index contributed by atoms with van der Waals surface area (Å²) in [5.74, 6) is 1.29. The maximum atomic E-state index is 15.0. The Kier molecular flexibility index (Phi) is 7.18. The summed E-state index contributed by atoms with van der Waals surface area (Å²) in [6.07, 6.45) is 5.03. The van der Waals surface area contributed by atoms with E-state index in [9.17, 15) is 9.18 Å². The van der Waals surface area contributed by atoms with Crippen LogP contribution in [0.25, 0.3) is 0 Å². The highest BCUT2D eigenvalue weighted by molar-refractivity contribution is 5.72. The van der Waals surface area contributed by atoms with Gasteiger partial charge in [-0.3, -0.25) is 4.79 Å². The van der Waals surface area contributed by atoms with Gasteiger partial charge in [-0.15, -0.1) is 6.58 Å². The van der Waals surface area contributed by atoms with Crippen molar-refractivity contribution in [1.82, 2.24) is 20.3 Å². The number of nitrogens with one attached hydrogen (secondary N) is 2. The van der Waals surface area contributed by atoms with Crippen molar-refractivity contribution in [2.24, 2.45) is 0 Å². The number of amides is 1. The number of aromatic nitrogens is 3. The van der Waals surface area contributed by atoms with Crippen LogP contribution in [0.1, 0.15) is 6.92 Å². The van der Waals surface area contributed by atoms with Crippen LogP contribution < -0.4 is 25.3 Å². The first-order chi connectivity index (χ1) is 16.0. The summed E-state index contributed by atoms with van der Waals surface area (Å²) in [6.45, 7) is 9.76. The molecular weight excluding hydrogens is 427 g/mol. The molecule has 0 aliphatic carbocycles. The Balaban J connectivity index is 1.34. The van der Waals surface area contributed by atoms with Gasteiger partial charge in [-0.2, -0.15) is 4.98 Å². The van der Waals surface area contributed by atoms with Gasteiger partial charge in [0.25, 0.3) is 0 Å². The topological polar surface area (TPSA) is 98.8 Å². The minimum absolute atomic E-state index is 0.0984. The van der Waals surface area contributed by atoms with Crippen LogP contribution in [0, 0.1) is 5.82 Å². The number of halogens is 1. The number of rotatable bonds is 8. The van der Waals surface area contributed by atoms with Crippen LogP contribution >= 0.6 is 0 Å². The normalized spacial score (nSPS) is 18.4. The second kappa shape index (κ2) is 10.4. The van der Waals surface area contributed by atoms with Crippen LogP contribution in [-0.2, 0) is 9.53 Å². The highest BCUT2D eigenvalue weighted by Crippen LogP contribution is 2.26. The van der Waals surface area contributed by atoms with E-state index in [1.54, 1.807) is 18.5 Å². The summed E-state index contributed by atoms with van der Waals surface area (Å²) in [7, 11) is 0. The van der Waals surface area contributed by atoms with Gasteiger partial charge in [0, 0.05) is 65.0 Å². The fourth-order valence-corrected chi connectivity index (χ4v) is 3.86. The summed E-state index contributed by atoms with van der Waals surface area (Å²) < 4.78 is 20.6. The molecule has 2 aromatic rings. The van der Waals surface area contributed by atoms with Gasteiger partial charge in [0.2, 0.25) is 11.9 Å². The van der Waals surface area contributed by atoms with Crippen molar-refractivity contribution in [2.45, 2.75) is 13.0 Å². The van der Waals surface area contributed by atoms with Gasteiger partial charge in [-0.1, -0.05) is 6.08 Å². The zero-order valence-electron chi connectivity index (χ0n) is 18.7. The zero-order valence-corrected chi connectivity index (χ0v) is 18.7. The van der Waals surface area contributed by atoms with E-state index in [1.165, 1.54) is 13.0 Å². The van der Waals surface area contributed by atoms with Crippen molar-refractivity contribution in [1.29, 1.82) is 0 Å². The van der Waals surface area contributed by atoms with E-state index in [1.807, 2.05) is 15.9 Å². The number of piperazine rings is 1. The van der Waals surface area contributed by atoms with Gasteiger partial charge < -0.3 is 30.1 Å². The molecule has 2 saturated heterocycles. The lowest BCUT2D eigenvalue weighted by atomic mass is 10.2. The van der Waals surface area contributed by atoms with Gasteiger partial charge in [0.1, 0.15) is 12.5 Å². The molecule has 2 fully saturated rings. The van der Waals surface area contributed by atoms with Crippen LogP contribution in [0.3, 0.4) is 0 Å². The summed E-state index contributed by atoms with van der Waals surface area (Å²) in [5.41, 5.74) is 0.667. The Morgan fingerprint density at radius 1 is 1.27 bits per heavy atom. The lowest BCUT2D eigenvalue weighted by molar-refractivity contribution is -0.119. The number of hydrogen-bond acceptors (Lipinski definition) is 9. The van der Waals surface area contributed by atoms with Crippen LogP contribution in [-0.4, -0.2) is 79.5 Å². The zero-order chi connectivity index (χ0) is 23.2. The highest BCUT2D eigenvalue weighted by atomic mass is 19.1. The van der Waals surface area contributed by atoms with E-state index in [2.05, 4.69) is 37.1 Å². The number of anilines is 4. The summed E-state index contributed by atoms with van der Waals surface area (Å²) in [5, 5.41) is 5.83. The molecule has 2 aliphatic rings. The first-order valence-corrected chi connectivity index (χ1v) is 11.0. The highest BCUT2D eigenvalue weighted by Gasteiger charge is 2.26. The minimum Gasteiger partial charge on any atom is -0.354 e. The molecule has 0 bridgehead atoms. The number of hydrogen-bond donors (Lipinski definition) is 2. The summed E-state index contributed by atoms with van der Waals surface area (Å²) in [4.78, 5) is 30.3. The van der Waals surface area contributed by atoms with E-state index in [0.29, 0.717) is 70.0 Å². The summed E-state index contributed by atoms with van der Waals surface area (Å²) in [6, 6.07) is 3.38. The molecule has 0 spiro atoms. The smallest absolute Gasteiger partial charge is 0.224 e. The maximum Gasteiger partial charge on any atom is 0.224 e. The van der Waals surface area contributed by atoms with Gasteiger partial charge in [-0.05, 0) is 6.07 Å². The minimum atomic E-state index is -0.357. The third kappa shape index (κ3) is 5.67. The van der Waals surface area contributed by atoms with E-state index in [4.69, 9.17) is 4.74 Å². The van der Waals surface area contributed by atoms with E-state index in [-0.39, 0.29) is 17.8 Å². The SMILES string of the molecule is C=CCNc1nccc(N2CCN(c3ncc(N4COC(CNC(C)=O)C4)cc3F)CC2)n1. The number of ether oxygens (including phenoxy) is 1. The molecule has 0 aromatic carbocycles. The van der Waals surface area contributed by atoms with Crippen molar-refractivity contribution in [2.75, 3.05) is 72.6 Å². The standard InChI is InChI=1S/C22H29FN8O2/c1-3-5-24-22-25-6-4-20(28-22)29-7-9-30(10-8-29)21-19(23)11-17(12-27-21)31-14-18(33-15-31)13-26-16(2)32/h3-4,6,11-12,18H,1,5,7-10,13-15H2,2H3,(H,26,32)(H,24,25,28). The molecule has 0 radical (unpaired) electrons. The van der Waals surface area contributed by atoms with Crippen molar-refractivity contribution >= 4 is 29.2 Å². The largest absolute Gasteiger partial charge is 0.354 e. The van der Waals surface area contributed by atoms with Crippen LogP contribution in [0.15, 0.2) is 37.2 Å². The molecule has 33 heavy (non-hydrogen) atoms. The monoisotopic (exact) mass is 456 g/mol. The molecule has 4 rings (SSSR count). The van der Waals surface area contributed by atoms with Crippen molar-refractivity contribution in [3.63, 3.8) is 0 Å². The van der Waals surface area contributed by atoms with E-state index in [0.717, 1.165) is 5.82 Å². The van der Waals surface area contributed by atoms with Crippen molar-refractivity contribution in [3.05, 3.63) is 43.0 Å². The Hall–Kier alpha value is -3.47. The molecule has 2 aromatic heterocycles. The Bertz CT molecular complexity index is 983. The van der Waals surface area contributed by atoms with E-state index < -0.39 is 0 Å². The Labute approximate surface area is 192 Å². The van der Waals surface area contributed by atoms with Gasteiger partial charge >= 0.3 is 0 Å². The quantitative estimate of drug-likeness (QED) is 0.569.